The highest BCUT2D eigenvalue weighted by Crippen LogP contribution is 2.21. The quantitative estimate of drug-likeness (QED) is 0.745. The average Bonchev–Trinajstić information content (AvgIpc) is 2.49. The van der Waals surface area contributed by atoms with Crippen molar-refractivity contribution in [2.24, 2.45) is 0 Å². The van der Waals surface area contributed by atoms with Crippen LogP contribution < -0.4 is 5.32 Å². The molecule has 19 heavy (non-hydrogen) atoms. The summed E-state index contributed by atoms with van der Waals surface area (Å²) in [4.78, 5) is 0. The Balaban J connectivity index is 2.10. The van der Waals surface area contributed by atoms with Crippen molar-refractivity contribution in [3.05, 3.63) is 71.8 Å². The van der Waals surface area contributed by atoms with Crippen molar-refractivity contribution in [1.82, 2.24) is 5.32 Å². The zero-order chi connectivity index (χ0) is 13.3. The van der Waals surface area contributed by atoms with Gasteiger partial charge in [-0.1, -0.05) is 60.7 Å². The molecule has 0 aliphatic carbocycles. The predicted molar refractivity (Wildman–Crippen MR) is 79.0 cm³/mol. The van der Waals surface area contributed by atoms with Crippen LogP contribution >= 0.6 is 0 Å². The lowest BCUT2D eigenvalue weighted by Gasteiger charge is -2.19. The maximum atomic E-state index is 8.84. The van der Waals surface area contributed by atoms with Crippen LogP contribution in [0.25, 0.3) is 0 Å². The Morgan fingerprint density at radius 1 is 0.789 bits per heavy atom. The standard InChI is InChI=1S/C17H21NO/c19-14-8-7-13-18-17(15-9-3-1-4-10-15)16-11-5-2-6-12-16/h1-6,9-12,17-19H,7-8,13-14H2. The maximum Gasteiger partial charge on any atom is 0.0576 e. The molecule has 0 bridgehead atoms. The van der Waals surface area contributed by atoms with E-state index < -0.39 is 0 Å². The van der Waals surface area contributed by atoms with E-state index in [4.69, 9.17) is 5.11 Å². The van der Waals surface area contributed by atoms with Crippen LogP contribution in [-0.4, -0.2) is 18.3 Å². The van der Waals surface area contributed by atoms with Gasteiger partial charge in [0.1, 0.15) is 0 Å². The van der Waals surface area contributed by atoms with Crippen molar-refractivity contribution in [3.8, 4) is 0 Å². The van der Waals surface area contributed by atoms with Crippen molar-refractivity contribution in [2.75, 3.05) is 13.2 Å². The Morgan fingerprint density at radius 2 is 1.32 bits per heavy atom. The van der Waals surface area contributed by atoms with Gasteiger partial charge >= 0.3 is 0 Å². The first kappa shape index (κ1) is 13.8. The highest BCUT2D eigenvalue weighted by molar-refractivity contribution is 5.31. The minimum Gasteiger partial charge on any atom is -0.396 e. The van der Waals surface area contributed by atoms with Crippen molar-refractivity contribution < 1.29 is 5.11 Å². The van der Waals surface area contributed by atoms with E-state index in [1.165, 1.54) is 11.1 Å². The molecule has 0 heterocycles. The molecule has 0 aliphatic rings. The van der Waals surface area contributed by atoms with Gasteiger partial charge in [0, 0.05) is 6.61 Å². The van der Waals surface area contributed by atoms with Gasteiger partial charge in [-0.25, -0.2) is 0 Å². The van der Waals surface area contributed by atoms with Gasteiger partial charge in [-0.3, -0.25) is 0 Å². The Bertz CT molecular complexity index is 416. The second-order valence-corrected chi connectivity index (χ2v) is 4.64. The third kappa shape index (κ3) is 4.19. The van der Waals surface area contributed by atoms with E-state index in [1.807, 2.05) is 12.1 Å². The first-order valence-electron chi connectivity index (χ1n) is 6.86. The van der Waals surface area contributed by atoms with E-state index in [0.29, 0.717) is 0 Å². The summed E-state index contributed by atoms with van der Waals surface area (Å²) in [6, 6.07) is 21.2. The van der Waals surface area contributed by atoms with E-state index in [9.17, 15) is 0 Å². The number of aliphatic hydroxyl groups is 1. The Labute approximate surface area is 115 Å². The number of unbranched alkanes of at least 4 members (excludes halogenated alkanes) is 1. The molecule has 0 unspecified atom stereocenters. The SMILES string of the molecule is OCCCCNC(c1ccccc1)c1ccccc1. The van der Waals surface area contributed by atoms with Crippen molar-refractivity contribution >= 4 is 0 Å². The van der Waals surface area contributed by atoms with Gasteiger partial charge in [0.15, 0.2) is 0 Å². The first-order chi connectivity index (χ1) is 9.42. The third-order valence-electron chi connectivity index (χ3n) is 3.20. The van der Waals surface area contributed by atoms with Crippen LogP contribution in [0.1, 0.15) is 30.0 Å². The van der Waals surface area contributed by atoms with E-state index in [-0.39, 0.29) is 12.6 Å². The minimum atomic E-state index is 0.223. The van der Waals surface area contributed by atoms with Crippen molar-refractivity contribution in [3.63, 3.8) is 0 Å². The molecule has 0 spiro atoms. The zero-order valence-electron chi connectivity index (χ0n) is 11.1. The van der Waals surface area contributed by atoms with Crippen LogP contribution in [0.3, 0.4) is 0 Å². The average molecular weight is 255 g/mol. The lowest BCUT2D eigenvalue weighted by atomic mass is 9.98. The number of aliphatic hydroxyl groups excluding tert-OH is 1. The molecule has 0 atom stereocenters. The molecule has 2 rings (SSSR count). The topological polar surface area (TPSA) is 32.3 Å². The zero-order valence-corrected chi connectivity index (χ0v) is 11.1. The van der Waals surface area contributed by atoms with Gasteiger partial charge in [-0.15, -0.1) is 0 Å². The smallest absolute Gasteiger partial charge is 0.0576 e. The van der Waals surface area contributed by atoms with Gasteiger partial charge in [-0.05, 0) is 30.5 Å². The molecule has 0 radical (unpaired) electrons. The fraction of sp³-hybridized carbons (Fsp3) is 0.294. The summed E-state index contributed by atoms with van der Waals surface area (Å²) in [5, 5.41) is 12.4. The summed E-state index contributed by atoms with van der Waals surface area (Å²) in [6.07, 6.45) is 1.84. The molecule has 100 valence electrons. The summed E-state index contributed by atoms with van der Waals surface area (Å²) >= 11 is 0. The van der Waals surface area contributed by atoms with Crippen LogP contribution in [0.15, 0.2) is 60.7 Å². The molecule has 2 heteroatoms. The second-order valence-electron chi connectivity index (χ2n) is 4.64. The number of hydrogen-bond donors (Lipinski definition) is 2. The molecule has 0 aliphatic heterocycles. The molecule has 0 saturated heterocycles. The van der Waals surface area contributed by atoms with Gasteiger partial charge < -0.3 is 10.4 Å². The molecule has 2 N–H and O–H groups in total. The number of rotatable bonds is 7. The first-order valence-corrected chi connectivity index (χ1v) is 6.86. The molecular formula is C17H21NO. The van der Waals surface area contributed by atoms with Crippen LogP contribution in [0.5, 0.6) is 0 Å². The Hall–Kier alpha value is -1.64. The molecular weight excluding hydrogens is 234 g/mol. The highest BCUT2D eigenvalue weighted by Gasteiger charge is 2.12. The Kier molecular flexibility index (Phi) is 5.60. The summed E-state index contributed by atoms with van der Waals surface area (Å²) in [6.45, 7) is 1.18. The van der Waals surface area contributed by atoms with E-state index in [0.717, 1.165) is 19.4 Å². The second kappa shape index (κ2) is 7.72. The number of hydrogen-bond acceptors (Lipinski definition) is 2. The maximum absolute atomic E-state index is 8.84. The van der Waals surface area contributed by atoms with Crippen molar-refractivity contribution in [2.45, 2.75) is 18.9 Å². The lowest BCUT2D eigenvalue weighted by Crippen LogP contribution is -2.23. The van der Waals surface area contributed by atoms with E-state index >= 15 is 0 Å². The molecule has 2 aromatic carbocycles. The monoisotopic (exact) mass is 255 g/mol. The number of nitrogens with one attached hydrogen (secondary N) is 1. The van der Waals surface area contributed by atoms with Gasteiger partial charge in [0.05, 0.1) is 6.04 Å². The van der Waals surface area contributed by atoms with Crippen LogP contribution in [0.2, 0.25) is 0 Å². The van der Waals surface area contributed by atoms with Gasteiger partial charge in [0.25, 0.3) is 0 Å². The highest BCUT2D eigenvalue weighted by atomic mass is 16.2. The van der Waals surface area contributed by atoms with Crippen LogP contribution in [0, 0.1) is 0 Å². The summed E-state index contributed by atoms with van der Waals surface area (Å²) < 4.78 is 0. The fourth-order valence-electron chi connectivity index (χ4n) is 2.20. The molecule has 0 aromatic heterocycles. The molecule has 2 aromatic rings. The molecule has 0 saturated carbocycles. The third-order valence-corrected chi connectivity index (χ3v) is 3.20. The van der Waals surface area contributed by atoms with Crippen LogP contribution in [0.4, 0.5) is 0 Å². The van der Waals surface area contributed by atoms with E-state index in [1.54, 1.807) is 0 Å². The molecule has 0 fully saturated rings. The summed E-state index contributed by atoms with van der Waals surface area (Å²) in [7, 11) is 0. The predicted octanol–water partition coefficient (Wildman–Crippen LogP) is 3.14. The van der Waals surface area contributed by atoms with E-state index in [2.05, 4.69) is 53.8 Å². The Morgan fingerprint density at radius 3 is 1.79 bits per heavy atom. The van der Waals surface area contributed by atoms with Gasteiger partial charge in [-0.2, -0.15) is 0 Å². The fourth-order valence-corrected chi connectivity index (χ4v) is 2.20. The summed E-state index contributed by atoms with van der Waals surface area (Å²) in [5.41, 5.74) is 2.55. The van der Waals surface area contributed by atoms with Gasteiger partial charge in [0.2, 0.25) is 0 Å². The minimum absolute atomic E-state index is 0.223. The van der Waals surface area contributed by atoms with Crippen LogP contribution in [-0.2, 0) is 0 Å². The summed E-state index contributed by atoms with van der Waals surface area (Å²) in [5.74, 6) is 0. The molecule has 2 nitrogen and oxygen atoms in total. The lowest BCUT2D eigenvalue weighted by molar-refractivity contribution is 0.283. The molecule has 0 amide bonds. The normalized spacial score (nSPS) is 10.8. The van der Waals surface area contributed by atoms with Crippen molar-refractivity contribution in [1.29, 1.82) is 0 Å². The largest absolute Gasteiger partial charge is 0.396 e. The number of benzene rings is 2.